The normalized spacial score (nSPS) is 33.0. The minimum Gasteiger partial charge on any atom is -0.363 e. The number of fused-ring (bicyclic) bond motifs is 1. The number of rotatable bonds is 3. The summed E-state index contributed by atoms with van der Waals surface area (Å²) >= 11 is 0. The van der Waals surface area contributed by atoms with Gasteiger partial charge >= 0.3 is 0 Å². The summed E-state index contributed by atoms with van der Waals surface area (Å²) in [5, 5.41) is 6.70. The summed E-state index contributed by atoms with van der Waals surface area (Å²) in [6.45, 7) is 0. The quantitative estimate of drug-likeness (QED) is 0.868. The van der Waals surface area contributed by atoms with Gasteiger partial charge in [-0.05, 0) is 74.0 Å². The molecule has 0 atom stereocenters. The third-order valence-corrected chi connectivity index (χ3v) is 7.09. The van der Waals surface area contributed by atoms with Crippen LogP contribution < -0.4 is 10.6 Å². The molecule has 2 aromatic rings. The van der Waals surface area contributed by atoms with Crippen LogP contribution in [0.1, 0.15) is 44.1 Å². The first kappa shape index (κ1) is 15.6. The second-order valence-electron chi connectivity index (χ2n) is 9.21. The Bertz CT molecular complexity index is 902. The Labute approximate surface area is 159 Å². The molecule has 2 N–H and O–H groups in total. The number of nitrogens with one attached hydrogen (secondary N) is 2. The van der Waals surface area contributed by atoms with Crippen LogP contribution in [0.5, 0.6) is 0 Å². The fourth-order valence-corrected chi connectivity index (χ4v) is 6.49. The van der Waals surface area contributed by atoms with E-state index in [4.69, 9.17) is 4.98 Å². The highest BCUT2D eigenvalue weighted by Crippen LogP contribution is 2.56. The molecule has 1 aromatic carbocycles. The van der Waals surface area contributed by atoms with Gasteiger partial charge < -0.3 is 10.6 Å². The highest BCUT2D eigenvalue weighted by Gasteiger charge is 2.51. The van der Waals surface area contributed by atoms with Crippen molar-refractivity contribution in [3.63, 3.8) is 0 Å². The van der Waals surface area contributed by atoms with Gasteiger partial charge in [0.15, 0.2) is 0 Å². The molecular formula is C22H24N4O. The summed E-state index contributed by atoms with van der Waals surface area (Å²) in [5.41, 5.74) is 4.08. The maximum Gasteiger partial charge on any atom is 0.228 e. The summed E-state index contributed by atoms with van der Waals surface area (Å²) in [6, 6.07) is 6.05. The summed E-state index contributed by atoms with van der Waals surface area (Å²) in [6.07, 6.45) is 12.3. The second kappa shape index (κ2) is 5.54. The molecule has 0 radical (unpaired) electrons. The first-order chi connectivity index (χ1) is 13.1. The second-order valence-corrected chi connectivity index (χ2v) is 9.21. The minimum absolute atomic E-state index is 0.0606. The molecule has 5 aliphatic rings. The van der Waals surface area contributed by atoms with Gasteiger partial charge in [0, 0.05) is 16.8 Å². The van der Waals surface area contributed by atoms with Gasteiger partial charge in [0.1, 0.15) is 5.82 Å². The van der Waals surface area contributed by atoms with Crippen LogP contribution in [0.25, 0.3) is 11.3 Å². The SMILES string of the molecule is O=C1Cc2cc(-c3cncc(NC45CC6CC(CC(C6)C4)C5)n3)ccc2N1. The van der Waals surface area contributed by atoms with E-state index < -0.39 is 0 Å². The monoisotopic (exact) mass is 360 g/mol. The molecule has 5 heteroatoms. The lowest BCUT2D eigenvalue weighted by atomic mass is 9.53. The van der Waals surface area contributed by atoms with Gasteiger partial charge in [0.25, 0.3) is 0 Å². The maximum absolute atomic E-state index is 11.6. The van der Waals surface area contributed by atoms with E-state index in [2.05, 4.69) is 21.7 Å². The molecule has 4 bridgehead atoms. The van der Waals surface area contributed by atoms with Crippen LogP contribution in [0.3, 0.4) is 0 Å². The maximum atomic E-state index is 11.6. The smallest absolute Gasteiger partial charge is 0.228 e. The zero-order valence-electron chi connectivity index (χ0n) is 15.4. The van der Waals surface area contributed by atoms with Gasteiger partial charge in [-0.25, -0.2) is 4.98 Å². The molecule has 138 valence electrons. The number of carbonyl (C=O) groups is 1. The molecule has 4 aliphatic carbocycles. The fraction of sp³-hybridized carbons (Fsp3) is 0.500. The molecule has 0 saturated heterocycles. The summed E-state index contributed by atoms with van der Waals surface area (Å²) < 4.78 is 0. The van der Waals surface area contributed by atoms with Crippen molar-refractivity contribution in [3.05, 3.63) is 36.2 Å². The molecule has 27 heavy (non-hydrogen) atoms. The van der Waals surface area contributed by atoms with Gasteiger partial charge in [-0.3, -0.25) is 9.78 Å². The van der Waals surface area contributed by atoms with Crippen molar-refractivity contribution in [2.24, 2.45) is 17.8 Å². The lowest BCUT2D eigenvalue weighted by molar-refractivity contribution is -0.115. The number of aromatic nitrogens is 2. The van der Waals surface area contributed by atoms with E-state index in [1.807, 2.05) is 24.5 Å². The van der Waals surface area contributed by atoms with Gasteiger partial charge in [-0.15, -0.1) is 0 Å². The lowest BCUT2D eigenvalue weighted by Crippen LogP contribution is -2.54. The molecule has 5 nitrogen and oxygen atoms in total. The predicted molar refractivity (Wildman–Crippen MR) is 104 cm³/mol. The van der Waals surface area contributed by atoms with E-state index in [1.165, 1.54) is 38.5 Å². The van der Waals surface area contributed by atoms with E-state index in [9.17, 15) is 4.79 Å². The average Bonchev–Trinajstić information content (AvgIpc) is 2.99. The zero-order chi connectivity index (χ0) is 18.0. The standard InChI is InChI=1S/C22H24N4O/c27-21-7-17-6-16(1-2-18(17)25-21)19-11-23-12-20(24-19)26-22-8-13-3-14(9-22)5-15(4-13)10-22/h1-2,6,11-15H,3-5,7-10H2,(H,24,26)(H,25,27). The first-order valence-corrected chi connectivity index (χ1v) is 10.2. The number of hydrogen-bond donors (Lipinski definition) is 2. The Balaban J connectivity index is 1.29. The highest BCUT2D eigenvalue weighted by atomic mass is 16.1. The molecule has 2 heterocycles. The minimum atomic E-state index is 0.0606. The van der Waals surface area contributed by atoms with Crippen molar-refractivity contribution in [2.45, 2.75) is 50.5 Å². The Hall–Kier alpha value is -2.43. The number of benzene rings is 1. The van der Waals surface area contributed by atoms with Crippen LogP contribution in [0.4, 0.5) is 11.5 Å². The number of nitrogens with zero attached hydrogens (tertiary/aromatic N) is 2. The van der Waals surface area contributed by atoms with Gasteiger partial charge in [0.2, 0.25) is 5.91 Å². The van der Waals surface area contributed by atoms with Crippen LogP contribution in [0.15, 0.2) is 30.6 Å². The van der Waals surface area contributed by atoms with E-state index in [0.717, 1.165) is 46.1 Å². The van der Waals surface area contributed by atoms with Gasteiger partial charge in [-0.2, -0.15) is 0 Å². The predicted octanol–water partition coefficient (Wildman–Crippen LogP) is 4.02. The lowest BCUT2D eigenvalue weighted by Gasteiger charge is -2.57. The molecule has 7 rings (SSSR count). The molecular weight excluding hydrogens is 336 g/mol. The molecule has 4 fully saturated rings. The Morgan fingerprint density at radius 1 is 1.04 bits per heavy atom. The van der Waals surface area contributed by atoms with Crippen molar-refractivity contribution in [3.8, 4) is 11.3 Å². The molecule has 1 aromatic heterocycles. The van der Waals surface area contributed by atoms with E-state index >= 15 is 0 Å². The van der Waals surface area contributed by atoms with Crippen molar-refractivity contribution in [2.75, 3.05) is 10.6 Å². The van der Waals surface area contributed by atoms with E-state index in [-0.39, 0.29) is 11.4 Å². The number of hydrogen-bond acceptors (Lipinski definition) is 4. The third-order valence-electron chi connectivity index (χ3n) is 7.09. The largest absolute Gasteiger partial charge is 0.363 e. The van der Waals surface area contributed by atoms with Crippen LogP contribution in [0, 0.1) is 17.8 Å². The van der Waals surface area contributed by atoms with Gasteiger partial charge in [-0.1, -0.05) is 6.07 Å². The molecule has 0 unspecified atom stereocenters. The highest BCUT2D eigenvalue weighted by molar-refractivity contribution is 5.99. The molecule has 4 saturated carbocycles. The van der Waals surface area contributed by atoms with Crippen molar-refractivity contribution < 1.29 is 4.79 Å². The van der Waals surface area contributed by atoms with Crippen LogP contribution >= 0.6 is 0 Å². The van der Waals surface area contributed by atoms with E-state index in [1.54, 1.807) is 0 Å². The summed E-state index contributed by atoms with van der Waals surface area (Å²) in [7, 11) is 0. The molecule has 1 amide bonds. The van der Waals surface area contributed by atoms with E-state index in [0.29, 0.717) is 6.42 Å². The first-order valence-electron chi connectivity index (χ1n) is 10.2. The van der Waals surface area contributed by atoms with Gasteiger partial charge in [0.05, 0.1) is 24.5 Å². The van der Waals surface area contributed by atoms with Crippen molar-refractivity contribution in [1.29, 1.82) is 0 Å². The van der Waals surface area contributed by atoms with Crippen LogP contribution in [-0.4, -0.2) is 21.4 Å². The fourth-order valence-electron chi connectivity index (χ4n) is 6.49. The molecule has 0 spiro atoms. The topological polar surface area (TPSA) is 66.9 Å². The third kappa shape index (κ3) is 2.63. The van der Waals surface area contributed by atoms with Crippen molar-refractivity contribution >= 4 is 17.4 Å². The number of anilines is 2. The van der Waals surface area contributed by atoms with Crippen molar-refractivity contribution in [1.82, 2.24) is 9.97 Å². The van der Waals surface area contributed by atoms with Crippen LogP contribution in [-0.2, 0) is 11.2 Å². The Kier molecular flexibility index (Phi) is 3.20. The van der Waals surface area contributed by atoms with Crippen LogP contribution in [0.2, 0.25) is 0 Å². The average molecular weight is 360 g/mol. The number of amides is 1. The zero-order valence-corrected chi connectivity index (χ0v) is 15.4. The summed E-state index contributed by atoms with van der Waals surface area (Å²) in [4.78, 5) is 20.9. The Morgan fingerprint density at radius 2 is 1.78 bits per heavy atom. The number of carbonyl (C=O) groups excluding carboxylic acids is 1. The summed E-state index contributed by atoms with van der Waals surface area (Å²) in [5.74, 6) is 3.67. The Morgan fingerprint density at radius 3 is 2.52 bits per heavy atom. The molecule has 1 aliphatic heterocycles.